The third kappa shape index (κ3) is 2.45. The maximum atomic E-state index is 12.0. The smallest absolute Gasteiger partial charge is 0.275 e. The van der Waals surface area contributed by atoms with E-state index in [1.165, 1.54) is 18.6 Å². The molecule has 0 atom stereocenters. The minimum Gasteiger partial charge on any atom is -0.399 e. The van der Waals surface area contributed by atoms with Crippen molar-refractivity contribution in [3.8, 4) is 0 Å². The van der Waals surface area contributed by atoms with Crippen LogP contribution in [0.5, 0.6) is 0 Å². The number of aromatic nitrogens is 2. The number of nitrogens with zero attached hydrogens (tertiary/aromatic N) is 2. The Hall–Kier alpha value is -2.43. The molecule has 1 amide bonds. The summed E-state index contributed by atoms with van der Waals surface area (Å²) >= 11 is 0. The molecule has 0 radical (unpaired) electrons. The minimum atomic E-state index is -0.279. The van der Waals surface area contributed by atoms with E-state index in [9.17, 15) is 4.79 Å². The Balaban J connectivity index is 2.28. The molecule has 18 heavy (non-hydrogen) atoms. The lowest BCUT2D eigenvalue weighted by Gasteiger charge is -2.12. The molecule has 0 saturated heterocycles. The Bertz CT molecular complexity index is 558. The van der Waals surface area contributed by atoms with Gasteiger partial charge in [0.2, 0.25) is 0 Å². The van der Waals surface area contributed by atoms with Crippen LogP contribution in [0.25, 0.3) is 0 Å². The van der Waals surface area contributed by atoms with Crippen molar-refractivity contribution in [2.75, 3.05) is 11.1 Å². The highest BCUT2D eigenvalue weighted by Crippen LogP contribution is 2.23. The van der Waals surface area contributed by atoms with Crippen molar-refractivity contribution in [3.63, 3.8) is 0 Å². The lowest BCUT2D eigenvalue weighted by Crippen LogP contribution is -2.15. The summed E-state index contributed by atoms with van der Waals surface area (Å²) in [5, 5.41) is 2.82. The predicted molar refractivity (Wildman–Crippen MR) is 70.3 cm³/mol. The summed E-state index contributed by atoms with van der Waals surface area (Å²) < 4.78 is 0. The molecule has 0 saturated carbocycles. The fourth-order valence-electron chi connectivity index (χ4n) is 1.79. The van der Waals surface area contributed by atoms with E-state index < -0.39 is 0 Å². The minimum absolute atomic E-state index is 0.279. The topological polar surface area (TPSA) is 80.9 Å². The zero-order chi connectivity index (χ0) is 13.1. The van der Waals surface area contributed by atoms with Crippen molar-refractivity contribution < 1.29 is 4.79 Å². The Morgan fingerprint density at radius 2 is 1.89 bits per heavy atom. The Morgan fingerprint density at radius 3 is 2.44 bits per heavy atom. The second-order valence-corrected chi connectivity index (χ2v) is 4.07. The fourth-order valence-corrected chi connectivity index (χ4v) is 1.79. The molecule has 3 N–H and O–H groups in total. The maximum absolute atomic E-state index is 12.0. The highest BCUT2D eigenvalue weighted by Gasteiger charge is 2.11. The number of benzene rings is 1. The lowest BCUT2D eigenvalue weighted by atomic mass is 10.1. The molecule has 1 aromatic carbocycles. The van der Waals surface area contributed by atoms with E-state index in [4.69, 9.17) is 5.73 Å². The molecule has 5 nitrogen and oxygen atoms in total. The van der Waals surface area contributed by atoms with E-state index >= 15 is 0 Å². The molecule has 2 rings (SSSR count). The standard InChI is InChI=1S/C13H14N4O/c1-8-5-10(14)6-9(2)12(8)17-13(18)11-7-15-3-4-16-11/h3-7H,14H2,1-2H3,(H,17,18). The van der Waals surface area contributed by atoms with E-state index in [0.717, 1.165) is 16.8 Å². The lowest BCUT2D eigenvalue weighted by molar-refractivity contribution is 0.102. The molecule has 0 aliphatic carbocycles. The number of carbonyl (C=O) groups is 1. The van der Waals surface area contributed by atoms with Gasteiger partial charge in [0.15, 0.2) is 0 Å². The van der Waals surface area contributed by atoms with Crippen molar-refractivity contribution in [3.05, 3.63) is 47.5 Å². The van der Waals surface area contributed by atoms with E-state index in [1.54, 1.807) is 0 Å². The van der Waals surface area contributed by atoms with E-state index in [-0.39, 0.29) is 11.6 Å². The van der Waals surface area contributed by atoms with Gasteiger partial charge >= 0.3 is 0 Å². The van der Waals surface area contributed by atoms with Crippen molar-refractivity contribution >= 4 is 17.3 Å². The zero-order valence-corrected chi connectivity index (χ0v) is 10.3. The van der Waals surface area contributed by atoms with Gasteiger partial charge < -0.3 is 11.1 Å². The molecule has 1 heterocycles. The first-order valence-electron chi connectivity index (χ1n) is 5.52. The van der Waals surface area contributed by atoms with E-state index in [1.807, 2.05) is 26.0 Å². The van der Waals surface area contributed by atoms with Gasteiger partial charge in [-0.2, -0.15) is 0 Å². The first kappa shape index (κ1) is 12.0. The number of nitrogens with one attached hydrogen (secondary N) is 1. The molecule has 0 spiro atoms. The van der Waals surface area contributed by atoms with E-state index in [2.05, 4.69) is 15.3 Å². The van der Waals surface area contributed by atoms with Crippen LogP contribution in [-0.2, 0) is 0 Å². The molecule has 0 fully saturated rings. The number of rotatable bonds is 2. The number of amides is 1. The molecule has 0 unspecified atom stereocenters. The van der Waals surface area contributed by atoms with Crippen LogP contribution >= 0.6 is 0 Å². The number of aryl methyl sites for hydroxylation is 2. The summed E-state index contributed by atoms with van der Waals surface area (Å²) in [7, 11) is 0. The SMILES string of the molecule is Cc1cc(N)cc(C)c1NC(=O)c1cnccn1. The van der Waals surface area contributed by atoms with Gasteiger partial charge in [0.05, 0.1) is 6.20 Å². The predicted octanol–water partition coefficient (Wildman–Crippen LogP) is 1.93. The van der Waals surface area contributed by atoms with Crippen LogP contribution in [0.3, 0.4) is 0 Å². The summed E-state index contributed by atoms with van der Waals surface area (Å²) in [6, 6.07) is 3.64. The van der Waals surface area contributed by atoms with Crippen molar-refractivity contribution in [1.29, 1.82) is 0 Å². The largest absolute Gasteiger partial charge is 0.399 e. The van der Waals surface area contributed by atoms with Gasteiger partial charge in [0, 0.05) is 23.8 Å². The van der Waals surface area contributed by atoms with Gasteiger partial charge in [-0.05, 0) is 37.1 Å². The van der Waals surface area contributed by atoms with Crippen LogP contribution in [0.15, 0.2) is 30.7 Å². The van der Waals surface area contributed by atoms with Crippen LogP contribution < -0.4 is 11.1 Å². The summed E-state index contributed by atoms with van der Waals surface area (Å²) in [5.74, 6) is -0.279. The normalized spacial score (nSPS) is 10.1. The number of hydrogen-bond acceptors (Lipinski definition) is 4. The van der Waals surface area contributed by atoms with Crippen LogP contribution in [0.1, 0.15) is 21.6 Å². The average molecular weight is 242 g/mol. The summed E-state index contributed by atoms with van der Waals surface area (Å²) in [5.41, 5.74) is 9.31. The monoisotopic (exact) mass is 242 g/mol. The van der Waals surface area contributed by atoms with Gasteiger partial charge in [0.25, 0.3) is 5.91 Å². The first-order valence-corrected chi connectivity index (χ1v) is 5.52. The third-order valence-electron chi connectivity index (χ3n) is 2.59. The number of anilines is 2. The summed E-state index contributed by atoms with van der Waals surface area (Å²) in [6.45, 7) is 3.80. The Morgan fingerprint density at radius 1 is 1.22 bits per heavy atom. The quantitative estimate of drug-likeness (QED) is 0.788. The molecular weight excluding hydrogens is 228 g/mol. The third-order valence-corrected chi connectivity index (χ3v) is 2.59. The van der Waals surface area contributed by atoms with Crippen molar-refractivity contribution in [2.45, 2.75) is 13.8 Å². The van der Waals surface area contributed by atoms with Crippen LogP contribution in [0, 0.1) is 13.8 Å². The number of carbonyl (C=O) groups excluding carboxylic acids is 1. The van der Waals surface area contributed by atoms with Crippen LogP contribution in [0.2, 0.25) is 0 Å². The highest BCUT2D eigenvalue weighted by atomic mass is 16.1. The van der Waals surface area contributed by atoms with Gasteiger partial charge in [-0.3, -0.25) is 9.78 Å². The summed E-state index contributed by atoms with van der Waals surface area (Å²) in [6.07, 6.45) is 4.44. The second-order valence-electron chi connectivity index (χ2n) is 4.07. The summed E-state index contributed by atoms with van der Waals surface area (Å²) in [4.78, 5) is 19.8. The molecule has 92 valence electrons. The molecule has 0 bridgehead atoms. The zero-order valence-electron chi connectivity index (χ0n) is 10.3. The van der Waals surface area contributed by atoms with Gasteiger partial charge in [-0.15, -0.1) is 0 Å². The highest BCUT2D eigenvalue weighted by molar-refractivity contribution is 6.03. The molecule has 0 aliphatic heterocycles. The molecule has 2 aromatic rings. The molecule has 0 aliphatic rings. The van der Waals surface area contributed by atoms with Crippen LogP contribution in [0.4, 0.5) is 11.4 Å². The molecule has 5 heteroatoms. The van der Waals surface area contributed by atoms with Gasteiger partial charge in [-0.1, -0.05) is 0 Å². The van der Waals surface area contributed by atoms with E-state index in [0.29, 0.717) is 5.69 Å². The maximum Gasteiger partial charge on any atom is 0.275 e. The number of nitrogen functional groups attached to an aromatic ring is 1. The Kier molecular flexibility index (Phi) is 3.23. The van der Waals surface area contributed by atoms with Crippen molar-refractivity contribution in [1.82, 2.24) is 9.97 Å². The van der Waals surface area contributed by atoms with Gasteiger partial charge in [-0.25, -0.2) is 4.98 Å². The fraction of sp³-hybridized carbons (Fsp3) is 0.154. The van der Waals surface area contributed by atoms with Crippen molar-refractivity contribution in [2.24, 2.45) is 0 Å². The van der Waals surface area contributed by atoms with Gasteiger partial charge in [0.1, 0.15) is 5.69 Å². The first-order chi connectivity index (χ1) is 8.58. The molecular formula is C13H14N4O. The van der Waals surface area contributed by atoms with Crippen LogP contribution in [-0.4, -0.2) is 15.9 Å². The Labute approximate surface area is 105 Å². The second kappa shape index (κ2) is 4.83. The number of nitrogens with two attached hydrogens (primary N) is 1. The average Bonchev–Trinajstić information content (AvgIpc) is 2.34. The number of hydrogen-bond donors (Lipinski definition) is 2. The molecule has 1 aromatic heterocycles.